The van der Waals surface area contributed by atoms with Crippen LogP contribution in [0.1, 0.15) is 0 Å². The smallest absolute Gasteiger partial charge is 0.269 e. The minimum Gasteiger partial charge on any atom is -0.334 e. The van der Waals surface area contributed by atoms with Gasteiger partial charge < -0.3 is 4.52 Å². The predicted octanol–water partition coefficient (Wildman–Crippen LogP) is 4.47. The lowest BCUT2D eigenvalue weighted by Crippen LogP contribution is -1.87. The van der Waals surface area contributed by atoms with Gasteiger partial charge >= 0.3 is 0 Å². The fourth-order valence-electron chi connectivity index (χ4n) is 2.51. The highest BCUT2D eigenvalue weighted by molar-refractivity contribution is 5.86. The van der Waals surface area contributed by atoms with Crippen LogP contribution in [0.4, 0.5) is 5.69 Å². The molecular formula is C18H11N3O3. The monoisotopic (exact) mass is 317 g/mol. The number of nitro benzene ring substituents is 1. The van der Waals surface area contributed by atoms with Crippen LogP contribution < -0.4 is 0 Å². The summed E-state index contributed by atoms with van der Waals surface area (Å²) in [5.74, 6) is 0.808. The average Bonchev–Trinajstić information content (AvgIpc) is 3.11. The van der Waals surface area contributed by atoms with Crippen LogP contribution in [0, 0.1) is 10.1 Å². The zero-order chi connectivity index (χ0) is 16.5. The van der Waals surface area contributed by atoms with Gasteiger partial charge in [0.2, 0.25) is 5.82 Å². The molecule has 0 N–H and O–H groups in total. The fourth-order valence-corrected chi connectivity index (χ4v) is 2.51. The maximum atomic E-state index is 10.7. The van der Waals surface area contributed by atoms with Gasteiger partial charge in [-0.25, -0.2) is 0 Å². The summed E-state index contributed by atoms with van der Waals surface area (Å²) in [5, 5.41) is 16.9. The van der Waals surface area contributed by atoms with Crippen LogP contribution in [0.25, 0.3) is 33.6 Å². The number of hydrogen-bond donors (Lipinski definition) is 0. The SMILES string of the molecule is O=[N+]([O-])c1ccc(-c2noc(-c3ccc4ccccc4c3)n2)cc1. The molecule has 0 fully saturated rings. The van der Waals surface area contributed by atoms with Gasteiger partial charge in [-0.3, -0.25) is 10.1 Å². The van der Waals surface area contributed by atoms with E-state index in [1.807, 2.05) is 42.5 Å². The second kappa shape index (κ2) is 5.58. The number of nitrogens with zero attached hydrogens (tertiary/aromatic N) is 3. The minimum atomic E-state index is -0.444. The van der Waals surface area contributed by atoms with Crippen LogP contribution in [0.5, 0.6) is 0 Å². The van der Waals surface area contributed by atoms with Crippen LogP contribution >= 0.6 is 0 Å². The maximum Gasteiger partial charge on any atom is 0.269 e. The molecule has 1 aromatic heterocycles. The molecule has 0 atom stereocenters. The Labute approximate surface area is 136 Å². The summed E-state index contributed by atoms with van der Waals surface area (Å²) >= 11 is 0. The summed E-state index contributed by atoms with van der Waals surface area (Å²) in [6, 6.07) is 20.0. The van der Waals surface area contributed by atoms with Crippen molar-refractivity contribution in [3.05, 3.63) is 76.8 Å². The van der Waals surface area contributed by atoms with Crippen LogP contribution in [0.15, 0.2) is 71.3 Å². The van der Waals surface area contributed by atoms with Crippen LogP contribution in [-0.2, 0) is 0 Å². The molecule has 0 aliphatic rings. The highest BCUT2D eigenvalue weighted by Gasteiger charge is 2.12. The van der Waals surface area contributed by atoms with Crippen molar-refractivity contribution in [3.63, 3.8) is 0 Å². The number of non-ortho nitro benzene ring substituents is 1. The van der Waals surface area contributed by atoms with Crippen molar-refractivity contribution in [1.82, 2.24) is 10.1 Å². The van der Waals surface area contributed by atoms with Gasteiger partial charge in [0.1, 0.15) is 0 Å². The van der Waals surface area contributed by atoms with E-state index in [4.69, 9.17) is 4.52 Å². The van der Waals surface area contributed by atoms with Gasteiger partial charge in [-0.1, -0.05) is 35.5 Å². The van der Waals surface area contributed by atoms with E-state index in [0.717, 1.165) is 16.3 Å². The predicted molar refractivity (Wildman–Crippen MR) is 89.3 cm³/mol. The second-order valence-electron chi connectivity index (χ2n) is 5.29. The first-order chi connectivity index (χ1) is 11.7. The number of nitro groups is 1. The first kappa shape index (κ1) is 14.1. The van der Waals surface area contributed by atoms with Crippen molar-refractivity contribution in [2.45, 2.75) is 0 Å². The van der Waals surface area contributed by atoms with Gasteiger partial charge in [0.05, 0.1) is 4.92 Å². The van der Waals surface area contributed by atoms with Gasteiger partial charge in [-0.15, -0.1) is 0 Å². The molecule has 4 aromatic rings. The largest absolute Gasteiger partial charge is 0.334 e. The molecule has 0 aliphatic carbocycles. The van der Waals surface area contributed by atoms with Crippen LogP contribution in [-0.4, -0.2) is 15.1 Å². The van der Waals surface area contributed by atoms with Crippen LogP contribution in [0.3, 0.4) is 0 Å². The van der Waals surface area contributed by atoms with Gasteiger partial charge in [0.25, 0.3) is 11.6 Å². The molecule has 116 valence electrons. The van der Waals surface area contributed by atoms with Gasteiger partial charge in [0, 0.05) is 23.3 Å². The van der Waals surface area contributed by atoms with Crippen molar-refractivity contribution in [2.24, 2.45) is 0 Å². The molecular weight excluding hydrogens is 306 g/mol. The number of aromatic nitrogens is 2. The van der Waals surface area contributed by atoms with Crippen molar-refractivity contribution >= 4 is 16.5 Å². The van der Waals surface area contributed by atoms with Crippen molar-refractivity contribution < 1.29 is 9.45 Å². The molecule has 0 aliphatic heterocycles. The first-order valence-electron chi connectivity index (χ1n) is 7.28. The van der Waals surface area contributed by atoms with E-state index in [0.29, 0.717) is 17.3 Å². The summed E-state index contributed by atoms with van der Waals surface area (Å²) in [6.45, 7) is 0. The molecule has 3 aromatic carbocycles. The normalized spacial score (nSPS) is 10.8. The molecule has 1 heterocycles. The number of fused-ring (bicyclic) bond motifs is 1. The number of benzene rings is 3. The highest BCUT2D eigenvalue weighted by Crippen LogP contribution is 2.26. The van der Waals surface area contributed by atoms with Crippen molar-refractivity contribution in [2.75, 3.05) is 0 Å². The van der Waals surface area contributed by atoms with E-state index in [9.17, 15) is 10.1 Å². The minimum absolute atomic E-state index is 0.0250. The molecule has 0 bridgehead atoms. The number of rotatable bonds is 3. The average molecular weight is 317 g/mol. The summed E-state index contributed by atoms with van der Waals surface area (Å²) in [5.41, 5.74) is 1.52. The van der Waals surface area contributed by atoms with Crippen molar-refractivity contribution in [1.29, 1.82) is 0 Å². The molecule has 6 heteroatoms. The molecule has 0 radical (unpaired) electrons. The third-order valence-corrected chi connectivity index (χ3v) is 3.76. The van der Waals surface area contributed by atoms with E-state index >= 15 is 0 Å². The molecule has 24 heavy (non-hydrogen) atoms. The molecule has 0 unspecified atom stereocenters. The van der Waals surface area contributed by atoms with E-state index in [2.05, 4.69) is 10.1 Å². The Hall–Kier alpha value is -3.54. The zero-order valence-electron chi connectivity index (χ0n) is 12.4. The van der Waals surface area contributed by atoms with Crippen molar-refractivity contribution in [3.8, 4) is 22.8 Å². The topological polar surface area (TPSA) is 82.1 Å². The lowest BCUT2D eigenvalue weighted by Gasteiger charge is -1.99. The molecule has 6 nitrogen and oxygen atoms in total. The van der Waals surface area contributed by atoms with Crippen LogP contribution in [0.2, 0.25) is 0 Å². The second-order valence-corrected chi connectivity index (χ2v) is 5.29. The lowest BCUT2D eigenvalue weighted by molar-refractivity contribution is -0.384. The van der Waals surface area contributed by atoms with E-state index in [-0.39, 0.29) is 5.69 Å². The molecule has 0 saturated heterocycles. The molecule has 4 rings (SSSR count). The summed E-state index contributed by atoms with van der Waals surface area (Å²) in [6.07, 6.45) is 0. The fraction of sp³-hybridized carbons (Fsp3) is 0. The molecule has 0 spiro atoms. The van der Waals surface area contributed by atoms with E-state index in [1.165, 1.54) is 12.1 Å². The Morgan fingerprint density at radius 3 is 2.33 bits per heavy atom. The molecule has 0 amide bonds. The highest BCUT2D eigenvalue weighted by atomic mass is 16.6. The summed E-state index contributed by atoms with van der Waals surface area (Å²) in [4.78, 5) is 14.6. The quantitative estimate of drug-likeness (QED) is 0.411. The third kappa shape index (κ3) is 2.50. The first-order valence-corrected chi connectivity index (χ1v) is 7.28. The van der Waals surface area contributed by atoms with Gasteiger partial charge in [0.15, 0.2) is 0 Å². The molecule has 0 saturated carbocycles. The lowest BCUT2D eigenvalue weighted by atomic mass is 10.1. The Balaban J connectivity index is 1.69. The van der Waals surface area contributed by atoms with Gasteiger partial charge in [-0.05, 0) is 35.0 Å². The standard InChI is InChI=1S/C18H11N3O3/c22-21(23)16-9-7-13(8-10-16)17-19-18(24-20-17)15-6-5-12-3-1-2-4-14(12)11-15/h1-11H. The summed E-state index contributed by atoms with van der Waals surface area (Å²) < 4.78 is 5.34. The Kier molecular flexibility index (Phi) is 3.28. The Morgan fingerprint density at radius 1 is 0.875 bits per heavy atom. The zero-order valence-corrected chi connectivity index (χ0v) is 12.4. The Bertz CT molecular complexity index is 1040. The van der Waals surface area contributed by atoms with Gasteiger partial charge in [-0.2, -0.15) is 4.98 Å². The number of hydrogen-bond acceptors (Lipinski definition) is 5. The summed E-state index contributed by atoms with van der Waals surface area (Å²) in [7, 11) is 0. The van der Waals surface area contributed by atoms with E-state index < -0.39 is 4.92 Å². The third-order valence-electron chi connectivity index (χ3n) is 3.76. The van der Waals surface area contributed by atoms with E-state index in [1.54, 1.807) is 12.1 Å². The maximum absolute atomic E-state index is 10.7. The Morgan fingerprint density at radius 2 is 1.58 bits per heavy atom.